The quantitative estimate of drug-likeness (QED) is 0.475. The number of allylic oxidation sites excluding steroid dienone is 1. The molecule has 102 valence electrons. The van der Waals surface area contributed by atoms with Crippen LogP contribution in [0.2, 0.25) is 0 Å². The molecule has 0 bridgehead atoms. The summed E-state index contributed by atoms with van der Waals surface area (Å²) in [7, 11) is 0. The van der Waals surface area contributed by atoms with Gasteiger partial charge < -0.3 is 4.74 Å². The summed E-state index contributed by atoms with van der Waals surface area (Å²) < 4.78 is 6.71. The van der Waals surface area contributed by atoms with Crippen LogP contribution in [0.1, 0.15) is 12.5 Å². The fourth-order valence-corrected chi connectivity index (χ4v) is 1.58. The van der Waals surface area contributed by atoms with E-state index in [2.05, 4.69) is 5.10 Å². The van der Waals surface area contributed by atoms with Crippen LogP contribution in [0.3, 0.4) is 0 Å². The molecule has 0 atom stereocenters. The lowest BCUT2D eigenvalue weighted by Gasteiger charge is -1.98. The third kappa shape index (κ3) is 3.95. The van der Waals surface area contributed by atoms with E-state index < -0.39 is 0 Å². The second kappa shape index (κ2) is 7.09. The van der Waals surface area contributed by atoms with Gasteiger partial charge in [-0.05, 0) is 25.1 Å². The number of para-hydroxylation sites is 1. The summed E-state index contributed by atoms with van der Waals surface area (Å²) in [5.74, 6) is -0.365. The Labute approximate surface area is 118 Å². The Morgan fingerprint density at radius 2 is 2.15 bits per heavy atom. The van der Waals surface area contributed by atoms with Crippen molar-refractivity contribution in [1.29, 1.82) is 0 Å². The number of hydrogen-bond acceptors (Lipinski definition) is 3. The molecule has 0 aliphatic heterocycles. The number of benzene rings is 1. The molecule has 0 N–H and O–H groups in total. The minimum atomic E-state index is -0.365. The van der Waals surface area contributed by atoms with Gasteiger partial charge in [-0.15, -0.1) is 0 Å². The summed E-state index contributed by atoms with van der Waals surface area (Å²) in [6.45, 7) is 2.17. The highest BCUT2D eigenvalue weighted by molar-refractivity contribution is 5.87. The van der Waals surface area contributed by atoms with Gasteiger partial charge in [-0.3, -0.25) is 0 Å². The fourth-order valence-electron chi connectivity index (χ4n) is 1.58. The van der Waals surface area contributed by atoms with E-state index in [-0.39, 0.29) is 5.97 Å². The Balaban J connectivity index is 1.98. The maximum Gasteiger partial charge on any atom is 0.331 e. The second-order valence-corrected chi connectivity index (χ2v) is 4.09. The lowest BCUT2D eigenvalue weighted by Crippen LogP contribution is -1.99. The van der Waals surface area contributed by atoms with Crippen LogP contribution in [0.25, 0.3) is 11.8 Å². The zero-order valence-corrected chi connectivity index (χ0v) is 11.3. The molecule has 1 aromatic heterocycles. The number of aromatic nitrogens is 2. The maximum atomic E-state index is 11.4. The number of hydrogen-bond donors (Lipinski definition) is 0. The second-order valence-electron chi connectivity index (χ2n) is 4.09. The van der Waals surface area contributed by atoms with E-state index in [0.717, 1.165) is 11.3 Å². The average Bonchev–Trinajstić information content (AvgIpc) is 2.95. The van der Waals surface area contributed by atoms with Crippen LogP contribution >= 0.6 is 0 Å². The normalized spacial score (nSPS) is 11.2. The molecule has 0 unspecified atom stereocenters. The number of ether oxygens (including phenoxy) is 1. The molecule has 4 nitrogen and oxygen atoms in total. The van der Waals surface area contributed by atoms with Crippen LogP contribution in [-0.2, 0) is 9.53 Å². The van der Waals surface area contributed by atoms with Gasteiger partial charge in [0, 0.05) is 17.8 Å². The number of nitrogens with zero attached hydrogens (tertiary/aromatic N) is 2. The van der Waals surface area contributed by atoms with Crippen molar-refractivity contribution in [2.24, 2.45) is 0 Å². The standard InChI is InChI=1S/C16H16N2O2/c1-2-3-11-20-16(19)10-9-14-12-17-18(13-14)15-7-5-4-6-8-15/h2-10,12-13H,11H2,1H3/b3-2+,10-9+. The molecule has 1 aromatic carbocycles. The molecule has 0 fully saturated rings. The highest BCUT2D eigenvalue weighted by atomic mass is 16.5. The van der Waals surface area contributed by atoms with Gasteiger partial charge in [-0.1, -0.05) is 30.4 Å². The number of carbonyl (C=O) groups excluding carboxylic acids is 1. The van der Waals surface area contributed by atoms with E-state index in [9.17, 15) is 4.79 Å². The Bertz CT molecular complexity index is 612. The first-order valence-corrected chi connectivity index (χ1v) is 6.35. The van der Waals surface area contributed by atoms with Crippen LogP contribution in [0.5, 0.6) is 0 Å². The van der Waals surface area contributed by atoms with Crippen LogP contribution in [0.15, 0.2) is 61.0 Å². The Hall–Kier alpha value is -2.62. The van der Waals surface area contributed by atoms with Gasteiger partial charge in [0.1, 0.15) is 6.61 Å². The van der Waals surface area contributed by atoms with Gasteiger partial charge in [0.15, 0.2) is 0 Å². The number of carbonyl (C=O) groups is 1. The molecule has 2 aromatic rings. The molecule has 4 heteroatoms. The first-order chi connectivity index (χ1) is 9.79. The molecule has 0 saturated heterocycles. The zero-order chi connectivity index (χ0) is 14.2. The molecule has 0 spiro atoms. The summed E-state index contributed by atoms with van der Waals surface area (Å²) in [5, 5.41) is 4.24. The summed E-state index contributed by atoms with van der Waals surface area (Å²) >= 11 is 0. The van der Waals surface area contributed by atoms with Gasteiger partial charge in [-0.2, -0.15) is 5.10 Å². The van der Waals surface area contributed by atoms with Crippen LogP contribution in [0, 0.1) is 0 Å². The molecule has 0 aliphatic rings. The van der Waals surface area contributed by atoms with Crippen LogP contribution in [-0.4, -0.2) is 22.4 Å². The van der Waals surface area contributed by atoms with Crippen LogP contribution < -0.4 is 0 Å². The SMILES string of the molecule is C/C=C/COC(=O)/C=C/c1cnn(-c2ccccc2)c1. The van der Waals surface area contributed by atoms with Gasteiger partial charge in [0.05, 0.1) is 11.9 Å². The first kappa shape index (κ1) is 13.8. The van der Waals surface area contributed by atoms with Gasteiger partial charge in [0.2, 0.25) is 0 Å². The number of esters is 1. The largest absolute Gasteiger partial charge is 0.458 e. The van der Waals surface area contributed by atoms with Crippen molar-refractivity contribution in [3.8, 4) is 5.69 Å². The van der Waals surface area contributed by atoms with E-state index in [1.165, 1.54) is 6.08 Å². The molecule has 20 heavy (non-hydrogen) atoms. The summed E-state index contributed by atoms with van der Waals surface area (Å²) in [4.78, 5) is 11.4. The third-order valence-electron chi connectivity index (χ3n) is 2.59. The van der Waals surface area contributed by atoms with Crippen molar-refractivity contribution in [2.75, 3.05) is 6.61 Å². The Kier molecular flexibility index (Phi) is 4.89. The first-order valence-electron chi connectivity index (χ1n) is 6.35. The predicted octanol–water partition coefficient (Wildman–Crippen LogP) is 3.00. The monoisotopic (exact) mass is 268 g/mol. The lowest BCUT2D eigenvalue weighted by atomic mass is 10.3. The highest BCUT2D eigenvalue weighted by Gasteiger charge is 1.99. The minimum absolute atomic E-state index is 0.295. The topological polar surface area (TPSA) is 44.1 Å². The van der Waals surface area contributed by atoms with Crippen molar-refractivity contribution in [3.05, 3.63) is 66.5 Å². The van der Waals surface area contributed by atoms with Crippen molar-refractivity contribution >= 4 is 12.0 Å². The highest BCUT2D eigenvalue weighted by Crippen LogP contribution is 2.08. The average molecular weight is 268 g/mol. The van der Waals surface area contributed by atoms with Gasteiger partial charge in [0.25, 0.3) is 0 Å². The van der Waals surface area contributed by atoms with Crippen molar-refractivity contribution in [3.63, 3.8) is 0 Å². The Morgan fingerprint density at radius 1 is 1.35 bits per heavy atom. The lowest BCUT2D eigenvalue weighted by molar-refractivity contribution is -0.136. The van der Waals surface area contributed by atoms with E-state index in [1.54, 1.807) is 23.0 Å². The molecule has 0 saturated carbocycles. The van der Waals surface area contributed by atoms with Crippen molar-refractivity contribution < 1.29 is 9.53 Å². The minimum Gasteiger partial charge on any atom is -0.458 e. The molecular weight excluding hydrogens is 252 g/mol. The summed E-state index contributed by atoms with van der Waals surface area (Å²) in [6.07, 6.45) is 10.2. The zero-order valence-electron chi connectivity index (χ0n) is 11.3. The maximum absolute atomic E-state index is 11.4. The molecule has 1 heterocycles. The smallest absolute Gasteiger partial charge is 0.331 e. The van der Waals surface area contributed by atoms with Gasteiger partial charge >= 0.3 is 5.97 Å². The predicted molar refractivity (Wildman–Crippen MR) is 78.4 cm³/mol. The molecule has 0 aliphatic carbocycles. The van der Waals surface area contributed by atoms with E-state index >= 15 is 0 Å². The molecule has 0 amide bonds. The fraction of sp³-hybridized carbons (Fsp3) is 0.125. The molecular formula is C16H16N2O2. The van der Waals surface area contributed by atoms with E-state index in [1.807, 2.05) is 49.5 Å². The van der Waals surface area contributed by atoms with Crippen molar-refractivity contribution in [1.82, 2.24) is 9.78 Å². The van der Waals surface area contributed by atoms with Crippen molar-refractivity contribution in [2.45, 2.75) is 6.92 Å². The molecule has 0 radical (unpaired) electrons. The molecule has 2 rings (SSSR count). The summed E-state index contributed by atoms with van der Waals surface area (Å²) in [5.41, 5.74) is 1.82. The van der Waals surface area contributed by atoms with Gasteiger partial charge in [-0.25, -0.2) is 9.48 Å². The summed E-state index contributed by atoms with van der Waals surface area (Å²) in [6, 6.07) is 9.78. The Morgan fingerprint density at radius 3 is 2.90 bits per heavy atom. The van der Waals surface area contributed by atoms with Crippen LogP contribution in [0.4, 0.5) is 0 Å². The van der Waals surface area contributed by atoms with E-state index in [0.29, 0.717) is 6.61 Å². The van der Waals surface area contributed by atoms with E-state index in [4.69, 9.17) is 4.74 Å². The third-order valence-corrected chi connectivity index (χ3v) is 2.59. The number of rotatable bonds is 5.